The molecular weight excluding hydrogens is 808 g/mol. The molecule has 0 fully saturated rings. The van der Waals surface area contributed by atoms with E-state index in [1.54, 1.807) is 6.92 Å². The van der Waals surface area contributed by atoms with E-state index in [1.165, 1.54) is 141 Å². The third kappa shape index (κ3) is 33.8. The average molecular weight is 894 g/mol. The van der Waals surface area contributed by atoms with Crippen LogP contribution in [0.5, 0.6) is 5.75 Å². The molecule has 0 bridgehead atoms. The summed E-state index contributed by atoms with van der Waals surface area (Å²) in [6.45, 7) is 4.92. The van der Waals surface area contributed by atoms with Gasteiger partial charge in [-0.05, 0) is 19.8 Å². The van der Waals surface area contributed by atoms with Crippen LogP contribution in [0.3, 0.4) is 0 Å². The van der Waals surface area contributed by atoms with E-state index in [1.807, 2.05) is 0 Å². The maximum atomic E-state index is 12.7. The molecule has 0 saturated heterocycles. The number of phosphoric acid groups is 1. The van der Waals surface area contributed by atoms with E-state index in [4.69, 9.17) is 23.3 Å². The molecule has 0 heterocycles. The van der Waals surface area contributed by atoms with Gasteiger partial charge >= 0.3 is 41.5 Å². The summed E-state index contributed by atoms with van der Waals surface area (Å²) in [7, 11) is -4.86. The van der Waals surface area contributed by atoms with Gasteiger partial charge in [-0.15, -0.1) is 0 Å². The first kappa shape index (κ1) is 59.7. The molecule has 1 N–H and O–H groups in total. The summed E-state index contributed by atoms with van der Waals surface area (Å²) < 4.78 is 38.5. The summed E-state index contributed by atoms with van der Waals surface area (Å²) in [5.74, 6) is -1.04. The van der Waals surface area contributed by atoms with Gasteiger partial charge in [-0.3, -0.25) is 23.7 Å². The Bertz CT molecular complexity index is 1320. The Morgan fingerprint density at radius 1 is 0.557 bits per heavy atom. The molecular formula is C47H85NNaO11P. The van der Waals surface area contributed by atoms with E-state index in [2.05, 4.69) is 19.2 Å². The third-order valence-electron chi connectivity index (χ3n) is 10.9. The minimum absolute atomic E-state index is 0. The second-order valence-electron chi connectivity index (χ2n) is 16.5. The van der Waals surface area contributed by atoms with Crippen LogP contribution in [0.1, 0.15) is 226 Å². The predicted molar refractivity (Wildman–Crippen MR) is 240 cm³/mol. The number of rotatable bonds is 45. The molecule has 1 unspecified atom stereocenters. The summed E-state index contributed by atoms with van der Waals surface area (Å²) in [4.78, 5) is 61.2. The molecule has 2 atom stereocenters. The Morgan fingerprint density at radius 3 is 1.36 bits per heavy atom. The maximum Gasteiger partial charge on any atom is 1.00 e. The Balaban J connectivity index is 0.0000360. The van der Waals surface area contributed by atoms with Crippen molar-refractivity contribution in [3.05, 3.63) is 20.4 Å². The first-order valence-corrected chi connectivity index (χ1v) is 25.8. The first-order chi connectivity index (χ1) is 29.1. The summed E-state index contributed by atoms with van der Waals surface area (Å²) in [5.41, 5.74) is -1.52. The molecule has 0 spiro atoms. The van der Waals surface area contributed by atoms with E-state index in [0.29, 0.717) is 12.8 Å². The van der Waals surface area contributed by atoms with Gasteiger partial charge in [0.25, 0.3) is 18.7 Å². The number of esters is 2. The van der Waals surface area contributed by atoms with Crippen molar-refractivity contribution in [3.63, 3.8) is 0 Å². The summed E-state index contributed by atoms with van der Waals surface area (Å²) in [6, 6.07) is 0. The van der Waals surface area contributed by atoms with Gasteiger partial charge in [0.05, 0.1) is 19.8 Å². The standard InChI is InChI=1S/C47H86NO11P.Na/c1-4-7-9-11-13-15-17-19-21-23-25-27-29-31-33-35-42(49)56-39-41(40-58-60(53,54)57-38-37-48-44-45(51)46(52)47(44)55-6-3)59-43(50)36-34-32-30-28-26-24-22-20-18-16-14-12-10-8-5-2;/h41,48H,4-40H2,1-3H3,(H,53,54);/q;+1/p-1/t41-;/m1./s1. The van der Waals surface area contributed by atoms with Crippen LogP contribution in [0.25, 0.3) is 0 Å². The molecule has 0 aliphatic carbocycles. The molecule has 0 aromatic heterocycles. The largest absolute Gasteiger partial charge is 1.00 e. The smallest absolute Gasteiger partial charge is 0.756 e. The molecule has 350 valence electrons. The van der Waals surface area contributed by atoms with Crippen LogP contribution in [0.4, 0.5) is 5.69 Å². The minimum atomic E-state index is -4.86. The Labute approximate surface area is 392 Å². The number of unbranched alkanes of at least 4 members (excludes halogenated alkanes) is 28. The summed E-state index contributed by atoms with van der Waals surface area (Å²) >= 11 is 0. The number of carbonyl (C=O) groups excluding carboxylic acids is 2. The Hall–Kier alpha value is -1.27. The molecule has 1 aromatic rings. The van der Waals surface area contributed by atoms with Crippen molar-refractivity contribution in [1.29, 1.82) is 0 Å². The van der Waals surface area contributed by atoms with Crippen molar-refractivity contribution in [3.8, 4) is 5.75 Å². The van der Waals surface area contributed by atoms with Crippen molar-refractivity contribution in [2.45, 2.75) is 232 Å². The van der Waals surface area contributed by atoms with Gasteiger partial charge in [-0.2, -0.15) is 0 Å². The third-order valence-corrected chi connectivity index (χ3v) is 11.9. The van der Waals surface area contributed by atoms with E-state index in [9.17, 15) is 28.6 Å². The zero-order valence-corrected chi connectivity index (χ0v) is 42.1. The number of hydrogen-bond acceptors (Lipinski definition) is 12. The quantitative estimate of drug-likeness (QED) is 0.0218. The van der Waals surface area contributed by atoms with Crippen LogP contribution in [0.15, 0.2) is 9.59 Å². The van der Waals surface area contributed by atoms with E-state index in [0.717, 1.165) is 38.5 Å². The molecule has 0 amide bonds. The van der Waals surface area contributed by atoms with Crippen molar-refractivity contribution < 1.29 is 71.9 Å². The molecule has 14 heteroatoms. The predicted octanol–water partition coefficient (Wildman–Crippen LogP) is 8.58. The van der Waals surface area contributed by atoms with Gasteiger partial charge < -0.3 is 33.5 Å². The Morgan fingerprint density at radius 2 is 0.951 bits per heavy atom. The molecule has 0 radical (unpaired) electrons. The number of phosphoric ester groups is 1. The van der Waals surface area contributed by atoms with Crippen LogP contribution in [0.2, 0.25) is 0 Å². The minimum Gasteiger partial charge on any atom is -0.756 e. The molecule has 0 aliphatic heterocycles. The van der Waals surface area contributed by atoms with Crippen molar-refractivity contribution >= 4 is 25.4 Å². The van der Waals surface area contributed by atoms with E-state index >= 15 is 0 Å². The zero-order valence-electron chi connectivity index (χ0n) is 39.2. The molecule has 61 heavy (non-hydrogen) atoms. The topological polar surface area (TPSA) is 167 Å². The monoisotopic (exact) mass is 894 g/mol. The van der Waals surface area contributed by atoms with Crippen LogP contribution in [0, 0.1) is 0 Å². The van der Waals surface area contributed by atoms with Crippen LogP contribution in [-0.2, 0) is 32.7 Å². The zero-order chi connectivity index (χ0) is 43.9. The van der Waals surface area contributed by atoms with Gasteiger partial charge in [0.1, 0.15) is 12.3 Å². The number of nitrogens with one attached hydrogen (secondary N) is 1. The van der Waals surface area contributed by atoms with Gasteiger partial charge in [0.2, 0.25) is 0 Å². The Kier molecular flexibility index (Phi) is 40.6. The molecule has 1 rings (SSSR count). The van der Waals surface area contributed by atoms with Gasteiger partial charge in [-0.25, -0.2) is 0 Å². The van der Waals surface area contributed by atoms with E-state index in [-0.39, 0.29) is 73.6 Å². The first-order valence-electron chi connectivity index (χ1n) is 24.3. The maximum absolute atomic E-state index is 12.7. The normalized spacial score (nSPS) is 12.8. The summed E-state index contributed by atoms with van der Waals surface area (Å²) in [6.07, 6.45) is 35.8. The molecule has 0 aliphatic rings. The van der Waals surface area contributed by atoms with Crippen molar-refractivity contribution in [1.82, 2.24) is 0 Å². The van der Waals surface area contributed by atoms with Gasteiger partial charge in [0, 0.05) is 19.4 Å². The number of anilines is 1. The molecule has 12 nitrogen and oxygen atoms in total. The van der Waals surface area contributed by atoms with Crippen molar-refractivity contribution in [2.75, 3.05) is 38.3 Å². The molecule has 1 aromatic carbocycles. The second-order valence-corrected chi connectivity index (χ2v) is 17.9. The fourth-order valence-corrected chi connectivity index (χ4v) is 8.00. The number of ether oxygens (including phenoxy) is 3. The second kappa shape index (κ2) is 41.4. The number of carbonyl (C=O) groups is 2. The van der Waals surface area contributed by atoms with Gasteiger partial charge in [-0.1, -0.05) is 194 Å². The van der Waals surface area contributed by atoms with Crippen molar-refractivity contribution in [2.24, 2.45) is 0 Å². The van der Waals surface area contributed by atoms with Crippen LogP contribution < -0.4 is 55.4 Å². The van der Waals surface area contributed by atoms with Crippen LogP contribution >= 0.6 is 7.82 Å². The van der Waals surface area contributed by atoms with Crippen LogP contribution in [-0.4, -0.2) is 51.0 Å². The molecule has 0 saturated carbocycles. The fourth-order valence-electron chi connectivity index (χ4n) is 7.26. The number of hydrogen-bond donors (Lipinski definition) is 1. The SMILES string of the molecule is CCCCCCCCCCCCCCCCCC(=O)OC[C@H](COP(=O)([O-])OCCNc1c(OCC)c(=O)c1=O)OC(=O)CCCCCCCCCCCCCCCCC.[Na+]. The van der Waals surface area contributed by atoms with E-state index < -0.39 is 49.9 Å². The summed E-state index contributed by atoms with van der Waals surface area (Å²) in [5, 5.41) is 2.65. The average Bonchev–Trinajstić information content (AvgIpc) is 3.23. The fraction of sp³-hybridized carbons (Fsp3) is 0.872. The van der Waals surface area contributed by atoms with Gasteiger partial charge in [0.15, 0.2) is 11.9 Å².